The maximum absolute atomic E-state index is 12.5. The number of alkyl halides is 1. The normalized spacial score (nSPS) is 14.2. The highest BCUT2D eigenvalue weighted by Gasteiger charge is 2.30. The van der Waals surface area contributed by atoms with E-state index in [1.54, 1.807) is 36.4 Å². The summed E-state index contributed by atoms with van der Waals surface area (Å²) in [6.07, 6.45) is 0. The quantitative estimate of drug-likeness (QED) is 0.704. The molecule has 1 N–H and O–H groups in total. The molecule has 128 valence electrons. The van der Waals surface area contributed by atoms with Gasteiger partial charge in [0, 0.05) is 5.02 Å². The van der Waals surface area contributed by atoms with E-state index in [-0.39, 0.29) is 10.7 Å². The van der Waals surface area contributed by atoms with Gasteiger partial charge in [0.1, 0.15) is 5.78 Å². The summed E-state index contributed by atoms with van der Waals surface area (Å²) in [5.41, 5.74) is 1.71. The molecule has 2 aromatic rings. The molecule has 0 saturated heterocycles. The molecule has 7 heteroatoms. The Morgan fingerprint density at radius 2 is 1.62 bits per heavy atom. The Hall–Kier alpha value is -1.21. The van der Waals surface area contributed by atoms with Crippen molar-refractivity contribution in [2.75, 3.05) is 0 Å². The summed E-state index contributed by atoms with van der Waals surface area (Å²) < 4.78 is 27.6. The molecule has 0 aliphatic heterocycles. The lowest BCUT2D eigenvalue weighted by molar-refractivity contribution is -0.118. The number of ketones is 1. The molecular weight excluding hydrogens is 414 g/mol. The molecule has 0 fully saturated rings. The van der Waals surface area contributed by atoms with E-state index in [1.807, 2.05) is 6.92 Å². The monoisotopic (exact) mass is 429 g/mol. The number of Topliss-reactive ketones (excluding diaryl/α,β-unsaturated/α-hetero) is 1. The minimum Gasteiger partial charge on any atom is -0.298 e. The number of halogens is 2. The van der Waals surface area contributed by atoms with Crippen molar-refractivity contribution in [3.8, 4) is 0 Å². The third-order valence-electron chi connectivity index (χ3n) is 3.53. The van der Waals surface area contributed by atoms with Crippen LogP contribution in [0.15, 0.2) is 53.4 Å². The fourth-order valence-corrected chi connectivity index (χ4v) is 4.52. The Balaban J connectivity index is 2.29. The molecule has 0 saturated carbocycles. The van der Waals surface area contributed by atoms with Gasteiger partial charge in [-0.1, -0.05) is 57.4 Å². The van der Waals surface area contributed by atoms with Crippen LogP contribution < -0.4 is 4.72 Å². The molecule has 2 rings (SSSR count). The molecule has 24 heavy (non-hydrogen) atoms. The zero-order chi connectivity index (χ0) is 17.9. The highest BCUT2D eigenvalue weighted by molar-refractivity contribution is 9.09. The summed E-state index contributed by atoms with van der Waals surface area (Å²) in [4.78, 5) is 11.6. The van der Waals surface area contributed by atoms with Gasteiger partial charge in [-0.3, -0.25) is 4.79 Å². The lowest BCUT2D eigenvalue weighted by Crippen LogP contribution is -2.42. The van der Waals surface area contributed by atoms with Gasteiger partial charge in [-0.25, -0.2) is 8.42 Å². The van der Waals surface area contributed by atoms with Crippen LogP contribution >= 0.6 is 27.5 Å². The standard InChI is InChI=1S/C17H17BrClNO3S/c1-11-3-9-15(10-4-11)24(22,23)20-17(12(2)21)16(18)13-5-7-14(19)8-6-13/h3-10,16-17,20H,1-2H3/t16-,17+/m1/s1. The van der Waals surface area contributed by atoms with Crippen molar-refractivity contribution in [3.63, 3.8) is 0 Å². The van der Waals surface area contributed by atoms with Crippen molar-refractivity contribution in [1.82, 2.24) is 4.72 Å². The fraction of sp³-hybridized carbons (Fsp3) is 0.235. The first-order chi connectivity index (χ1) is 11.2. The van der Waals surface area contributed by atoms with Crippen molar-refractivity contribution in [3.05, 3.63) is 64.7 Å². The second kappa shape index (κ2) is 7.78. The van der Waals surface area contributed by atoms with E-state index >= 15 is 0 Å². The molecule has 0 spiro atoms. The lowest BCUT2D eigenvalue weighted by atomic mass is 10.0. The van der Waals surface area contributed by atoms with E-state index in [4.69, 9.17) is 11.6 Å². The SMILES string of the molecule is CC(=O)[C@H](NS(=O)(=O)c1ccc(C)cc1)[C@H](Br)c1ccc(Cl)cc1. The summed E-state index contributed by atoms with van der Waals surface area (Å²) in [5.74, 6) is -0.289. The van der Waals surface area contributed by atoms with Gasteiger partial charge >= 0.3 is 0 Å². The average Bonchev–Trinajstić information content (AvgIpc) is 2.53. The van der Waals surface area contributed by atoms with Gasteiger partial charge in [0.15, 0.2) is 0 Å². The van der Waals surface area contributed by atoms with Crippen LogP contribution in [0.3, 0.4) is 0 Å². The van der Waals surface area contributed by atoms with Gasteiger partial charge in [0.05, 0.1) is 15.8 Å². The number of sulfonamides is 1. The van der Waals surface area contributed by atoms with Crippen molar-refractivity contribution in [2.24, 2.45) is 0 Å². The van der Waals surface area contributed by atoms with Gasteiger partial charge in [-0.2, -0.15) is 4.72 Å². The third kappa shape index (κ3) is 4.66. The Morgan fingerprint density at radius 1 is 1.08 bits per heavy atom. The van der Waals surface area contributed by atoms with Gasteiger partial charge < -0.3 is 0 Å². The van der Waals surface area contributed by atoms with Gasteiger partial charge in [0.2, 0.25) is 10.0 Å². The van der Waals surface area contributed by atoms with Crippen LogP contribution in [0.4, 0.5) is 0 Å². The van der Waals surface area contributed by atoms with Crippen molar-refractivity contribution in [1.29, 1.82) is 0 Å². The van der Waals surface area contributed by atoms with Gasteiger partial charge in [-0.05, 0) is 43.7 Å². The zero-order valence-corrected chi connectivity index (χ0v) is 16.3. The fourth-order valence-electron chi connectivity index (χ4n) is 2.14. The molecular formula is C17H17BrClNO3S. The highest BCUT2D eigenvalue weighted by Crippen LogP contribution is 2.29. The summed E-state index contributed by atoms with van der Waals surface area (Å²) in [7, 11) is -3.81. The maximum Gasteiger partial charge on any atom is 0.241 e. The Bertz CT molecular complexity index is 820. The number of carbonyl (C=O) groups is 1. The summed E-state index contributed by atoms with van der Waals surface area (Å²) in [6, 6.07) is 12.4. The first-order valence-corrected chi connectivity index (χ1v) is 9.97. The molecule has 4 nitrogen and oxygen atoms in total. The van der Waals surface area contributed by atoms with Crippen LogP contribution in [0, 0.1) is 6.92 Å². The molecule has 2 aromatic carbocycles. The molecule has 0 heterocycles. The summed E-state index contributed by atoms with van der Waals surface area (Å²) in [5, 5.41) is 0.568. The maximum atomic E-state index is 12.5. The van der Waals surface area contributed by atoms with E-state index in [1.165, 1.54) is 19.1 Å². The zero-order valence-electron chi connectivity index (χ0n) is 13.2. The Kier molecular flexibility index (Phi) is 6.20. The van der Waals surface area contributed by atoms with Gasteiger partial charge in [0.25, 0.3) is 0 Å². The van der Waals surface area contributed by atoms with Crippen LogP contribution in [0.1, 0.15) is 22.9 Å². The van der Waals surface area contributed by atoms with E-state index in [9.17, 15) is 13.2 Å². The summed E-state index contributed by atoms with van der Waals surface area (Å²) in [6.45, 7) is 3.23. The predicted octanol–water partition coefficient (Wildman–Crippen LogP) is 4.02. The molecule has 0 aliphatic carbocycles. The molecule has 0 bridgehead atoms. The second-order valence-electron chi connectivity index (χ2n) is 5.48. The van der Waals surface area contributed by atoms with Crippen molar-refractivity contribution >= 4 is 43.3 Å². The van der Waals surface area contributed by atoms with E-state index in [0.29, 0.717) is 5.02 Å². The molecule has 0 amide bonds. The van der Waals surface area contributed by atoms with Crippen LogP contribution in [0.2, 0.25) is 5.02 Å². The largest absolute Gasteiger partial charge is 0.298 e. The molecule has 2 atom stereocenters. The topological polar surface area (TPSA) is 63.2 Å². The first-order valence-electron chi connectivity index (χ1n) is 7.19. The highest BCUT2D eigenvalue weighted by atomic mass is 79.9. The van der Waals surface area contributed by atoms with E-state index in [0.717, 1.165) is 11.1 Å². The van der Waals surface area contributed by atoms with Crippen LogP contribution in [-0.2, 0) is 14.8 Å². The smallest absolute Gasteiger partial charge is 0.241 e. The number of hydrogen-bond donors (Lipinski definition) is 1. The molecule has 0 unspecified atom stereocenters. The van der Waals surface area contributed by atoms with Crippen LogP contribution in [-0.4, -0.2) is 20.2 Å². The molecule has 0 aromatic heterocycles. The average molecular weight is 431 g/mol. The third-order valence-corrected chi connectivity index (χ3v) is 6.30. The van der Waals surface area contributed by atoms with Crippen LogP contribution in [0.25, 0.3) is 0 Å². The Morgan fingerprint density at radius 3 is 2.12 bits per heavy atom. The predicted molar refractivity (Wildman–Crippen MR) is 99.1 cm³/mol. The number of aryl methyl sites for hydroxylation is 1. The van der Waals surface area contributed by atoms with E-state index in [2.05, 4.69) is 20.7 Å². The van der Waals surface area contributed by atoms with Crippen molar-refractivity contribution < 1.29 is 13.2 Å². The molecule has 0 radical (unpaired) electrons. The lowest BCUT2D eigenvalue weighted by Gasteiger charge is -2.22. The minimum atomic E-state index is -3.81. The first kappa shape index (κ1) is 19.1. The molecule has 0 aliphatic rings. The number of nitrogens with one attached hydrogen (secondary N) is 1. The number of hydrogen-bond acceptors (Lipinski definition) is 3. The minimum absolute atomic E-state index is 0.121. The number of benzene rings is 2. The van der Waals surface area contributed by atoms with Crippen LogP contribution in [0.5, 0.6) is 0 Å². The van der Waals surface area contributed by atoms with Gasteiger partial charge in [-0.15, -0.1) is 0 Å². The van der Waals surface area contributed by atoms with Crippen molar-refractivity contribution in [2.45, 2.75) is 29.6 Å². The Labute approximate surface area is 155 Å². The summed E-state index contributed by atoms with van der Waals surface area (Å²) >= 11 is 9.29. The van der Waals surface area contributed by atoms with E-state index < -0.39 is 20.9 Å². The second-order valence-corrected chi connectivity index (χ2v) is 8.61. The number of rotatable bonds is 6. The number of carbonyl (C=O) groups excluding carboxylic acids is 1.